The van der Waals surface area contributed by atoms with Crippen molar-refractivity contribution in [3.05, 3.63) is 54.4 Å². The molecule has 0 aliphatic carbocycles. The zero-order valence-electron chi connectivity index (χ0n) is 13.2. The smallest absolute Gasteiger partial charge is 0.166 e. The van der Waals surface area contributed by atoms with Crippen LogP contribution in [0.2, 0.25) is 0 Å². The van der Waals surface area contributed by atoms with Gasteiger partial charge < -0.3 is 15.8 Å². The molecule has 0 spiro atoms. The monoisotopic (exact) mass is 321 g/mol. The van der Waals surface area contributed by atoms with E-state index in [0.29, 0.717) is 17.4 Å². The maximum Gasteiger partial charge on any atom is 0.166 e. The molecular weight excluding hydrogens is 302 g/mol. The summed E-state index contributed by atoms with van der Waals surface area (Å²) in [5.74, 6) is 1.64. The van der Waals surface area contributed by atoms with Crippen LogP contribution in [0.5, 0.6) is 0 Å². The lowest BCUT2D eigenvalue weighted by atomic mass is 9.95. The van der Waals surface area contributed by atoms with Gasteiger partial charge in [-0.05, 0) is 24.1 Å². The first-order valence-corrected chi connectivity index (χ1v) is 8.09. The molecule has 3 heterocycles. The number of pyridine rings is 1. The summed E-state index contributed by atoms with van der Waals surface area (Å²) < 4.78 is 5.94. The molecule has 6 nitrogen and oxygen atoms in total. The predicted octanol–water partition coefficient (Wildman–Crippen LogP) is 2.80. The van der Waals surface area contributed by atoms with Crippen LogP contribution in [-0.2, 0) is 4.74 Å². The molecule has 1 aliphatic heterocycles. The second-order valence-electron chi connectivity index (χ2n) is 5.96. The van der Waals surface area contributed by atoms with Crippen LogP contribution in [0.15, 0.2) is 48.8 Å². The number of hydrogen-bond donors (Lipinski definition) is 2. The van der Waals surface area contributed by atoms with E-state index in [-0.39, 0.29) is 6.10 Å². The van der Waals surface area contributed by atoms with Crippen molar-refractivity contribution in [3.8, 4) is 0 Å². The van der Waals surface area contributed by atoms with Crippen LogP contribution in [0.3, 0.4) is 0 Å². The Balaban J connectivity index is 1.52. The van der Waals surface area contributed by atoms with Gasteiger partial charge in [0.2, 0.25) is 0 Å². The van der Waals surface area contributed by atoms with Crippen LogP contribution in [0.4, 0.5) is 11.6 Å². The van der Waals surface area contributed by atoms with Crippen LogP contribution in [0.25, 0.3) is 11.0 Å². The van der Waals surface area contributed by atoms with E-state index in [1.807, 2.05) is 12.1 Å². The molecule has 0 radical (unpaired) electrons. The number of aromatic nitrogens is 3. The molecule has 2 unspecified atom stereocenters. The maximum atomic E-state index is 5.94. The Morgan fingerprint density at radius 3 is 2.88 bits per heavy atom. The highest BCUT2D eigenvalue weighted by Crippen LogP contribution is 2.34. The minimum atomic E-state index is 0.126. The Kier molecular flexibility index (Phi) is 3.96. The number of nitrogens with zero attached hydrogens (tertiary/aromatic N) is 3. The molecule has 1 saturated heterocycles. The third-order valence-corrected chi connectivity index (χ3v) is 4.39. The molecule has 122 valence electrons. The number of benzene rings is 1. The molecule has 0 bridgehead atoms. The van der Waals surface area contributed by atoms with E-state index in [9.17, 15) is 0 Å². The van der Waals surface area contributed by atoms with Gasteiger partial charge in [0.05, 0.1) is 11.5 Å². The van der Waals surface area contributed by atoms with Gasteiger partial charge in [0.25, 0.3) is 0 Å². The number of hydrogen-bond acceptors (Lipinski definition) is 6. The number of ether oxygens (including phenoxy) is 1. The number of rotatable bonds is 4. The van der Waals surface area contributed by atoms with E-state index in [1.165, 1.54) is 11.9 Å². The van der Waals surface area contributed by atoms with Gasteiger partial charge in [-0.2, -0.15) is 0 Å². The van der Waals surface area contributed by atoms with Gasteiger partial charge in [-0.15, -0.1) is 0 Å². The molecule has 0 amide bonds. The lowest BCUT2D eigenvalue weighted by Gasteiger charge is -2.20. The minimum absolute atomic E-state index is 0.126. The average molecular weight is 321 g/mol. The fourth-order valence-electron chi connectivity index (χ4n) is 3.18. The topological polar surface area (TPSA) is 86.0 Å². The molecule has 6 heteroatoms. The largest absolute Gasteiger partial charge is 0.384 e. The summed E-state index contributed by atoms with van der Waals surface area (Å²) in [6.07, 6.45) is 2.66. The highest BCUT2D eigenvalue weighted by atomic mass is 16.5. The molecule has 1 fully saturated rings. The maximum absolute atomic E-state index is 5.94. The standard InChI is InChI=1S/C18H19N5O/c19-15-7-6-14-17(21-11-22-18(14)23-15)20-10-13-8-9-24-16(13)12-4-2-1-3-5-12/h1-7,11,13,16H,8-10H2,(H3,19,20,21,22,23). The number of fused-ring (bicyclic) bond motifs is 1. The van der Waals surface area contributed by atoms with Crippen molar-refractivity contribution in [2.75, 3.05) is 24.2 Å². The summed E-state index contributed by atoms with van der Waals surface area (Å²) in [5, 5.41) is 4.31. The summed E-state index contributed by atoms with van der Waals surface area (Å²) >= 11 is 0. The SMILES string of the molecule is Nc1ccc2c(NCC3CCOC3c3ccccc3)ncnc2n1. The second-order valence-corrected chi connectivity index (χ2v) is 5.96. The van der Waals surface area contributed by atoms with Crippen LogP contribution in [-0.4, -0.2) is 28.1 Å². The van der Waals surface area contributed by atoms with Gasteiger partial charge in [-0.1, -0.05) is 30.3 Å². The minimum Gasteiger partial charge on any atom is -0.384 e. The molecule has 4 rings (SSSR count). The molecule has 2 atom stereocenters. The van der Waals surface area contributed by atoms with Gasteiger partial charge in [0.1, 0.15) is 18.0 Å². The third kappa shape index (κ3) is 2.88. The van der Waals surface area contributed by atoms with Gasteiger partial charge in [0.15, 0.2) is 5.65 Å². The number of nitrogens with two attached hydrogens (primary N) is 1. The summed E-state index contributed by atoms with van der Waals surface area (Å²) in [4.78, 5) is 12.8. The Morgan fingerprint density at radius 1 is 1.12 bits per heavy atom. The van der Waals surface area contributed by atoms with Gasteiger partial charge >= 0.3 is 0 Å². The van der Waals surface area contributed by atoms with Crippen molar-refractivity contribution in [1.29, 1.82) is 0 Å². The summed E-state index contributed by atoms with van der Waals surface area (Å²) in [6.45, 7) is 1.57. The van der Waals surface area contributed by atoms with Crippen molar-refractivity contribution in [3.63, 3.8) is 0 Å². The van der Waals surface area contributed by atoms with E-state index in [0.717, 1.165) is 30.8 Å². The van der Waals surface area contributed by atoms with E-state index in [2.05, 4.69) is 44.5 Å². The van der Waals surface area contributed by atoms with Crippen molar-refractivity contribution in [2.24, 2.45) is 5.92 Å². The fraction of sp³-hybridized carbons (Fsp3) is 0.278. The molecule has 2 aromatic heterocycles. The van der Waals surface area contributed by atoms with Gasteiger partial charge in [0, 0.05) is 19.1 Å². The van der Waals surface area contributed by atoms with E-state index < -0.39 is 0 Å². The highest BCUT2D eigenvalue weighted by Gasteiger charge is 2.29. The first-order valence-electron chi connectivity index (χ1n) is 8.09. The Hall–Kier alpha value is -2.73. The van der Waals surface area contributed by atoms with Crippen LogP contribution in [0.1, 0.15) is 18.1 Å². The van der Waals surface area contributed by atoms with E-state index >= 15 is 0 Å². The molecule has 1 aromatic carbocycles. The van der Waals surface area contributed by atoms with Crippen molar-refractivity contribution < 1.29 is 4.74 Å². The molecule has 3 aromatic rings. The lowest BCUT2D eigenvalue weighted by molar-refractivity contribution is 0.0933. The van der Waals surface area contributed by atoms with Crippen LogP contribution >= 0.6 is 0 Å². The van der Waals surface area contributed by atoms with Gasteiger partial charge in [-0.3, -0.25) is 0 Å². The predicted molar refractivity (Wildman–Crippen MR) is 93.5 cm³/mol. The van der Waals surface area contributed by atoms with Crippen LogP contribution < -0.4 is 11.1 Å². The number of nitrogen functional groups attached to an aromatic ring is 1. The van der Waals surface area contributed by atoms with Gasteiger partial charge in [-0.25, -0.2) is 15.0 Å². The first kappa shape index (κ1) is 14.8. The lowest BCUT2D eigenvalue weighted by Crippen LogP contribution is -2.18. The summed E-state index contributed by atoms with van der Waals surface area (Å²) in [6, 6.07) is 14.0. The van der Waals surface area contributed by atoms with Crippen molar-refractivity contribution in [1.82, 2.24) is 15.0 Å². The average Bonchev–Trinajstić information content (AvgIpc) is 3.09. The quantitative estimate of drug-likeness (QED) is 0.768. The second kappa shape index (κ2) is 6.41. The van der Waals surface area contributed by atoms with Crippen molar-refractivity contribution >= 4 is 22.7 Å². The zero-order valence-corrected chi connectivity index (χ0v) is 13.2. The molecule has 0 saturated carbocycles. The Bertz CT molecular complexity index is 839. The number of nitrogens with one attached hydrogen (secondary N) is 1. The normalized spacial score (nSPS) is 20.3. The zero-order chi connectivity index (χ0) is 16.4. The third-order valence-electron chi connectivity index (χ3n) is 4.39. The molecule has 24 heavy (non-hydrogen) atoms. The Labute approximate surface area is 140 Å². The highest BCUT2D eigenvalue weighted by molar-refractivity contribution is 5.87. The summed E-state index contributed by atoms with van der Waals surface area (Å²) in [5.41, 5.74) is 7.55. The van der Waals surface area contributed by atoms with Crippen molar-refractivity contribution in [2.45, 2.75) is 12.5 Å². The van der Waals surface area contributed by atoms with Crippen LogP contribution in [0, 0.1) is 5.92 Å². The number of anilines is 2. The van der Waals surface area contributed by atoms with E-state index in [4.69, 9.17) is 10.5 Å². The summed E-state index contributed by atoms with van der Waals surface area (Å²) in [7, 11) is 0. The molecular formula is C18H19N5O. The molecule has 3 N–H and O–H groups in total. The van der Waals surface area contributed by atoms with E-state index in [1.54, 1.807) is 6.07 Å². The molecule has 1 aliphatic rings. The Morgan fingerprint density at radius 2 is 2.00 bits per heavy atom. The fourth-order valence-corrected chi connectivity index (χ4v) is 3.18. The first-order chi connectivity index (χ1) is 11.8.